The molecule has 0 saturated heterocycles. The van der Waals surface area contributed by atoms with E-state index in [1.165, 1.54) is 18.2 Å². The van der Waals surface area contributed by atoms with Crippen LogP contribution in [0.25, 0.3) is 0 Å². The van der Waals surface area contributed by atoms with Gasteiger partial charge < -0.3 is 15.2 Å². The minimum Gasteiger partial charge on any atom is -0.355 e. The molecule has 0 amide bonds. The fourth-order valence-corrected chi connectivity index (χ4v) is 3.92. The number of aliphatic imine (C=N–C) groups is 1. The molecule has 142 valence electrons. The molecule has 0 bridgehead atoms. The third-order valence-electron chi connectivity index (χ3n) is 3.71. The van der Waals surface area contributed by atoms with Crippen LogP contribution in [-0.4, -0.2) is 38.3 Å². The molecule has 0 unspecified atom stereocenters. The van der Waals surface area contributed by atoms with Crippen LogP contribution in [0.1, 0.15) is 5.69 Å². The maximum atomic E-state index is 13.7. The lowest BCUT2D eigenvalue weighted by Gasteiger charge is -2.13. The molecule has 0 aliphatic carbocycles. The normalized spacial score (nSPS) is 12.3. The highest BCUT2D eigenvalue weighted by Crippen LogP contribution is 2.24. The number of sulfone groups is 1. The summed E-state index contributed by atoms with van der Waals surface area (Å²) in [6.07, 6.45) is 0. The van der Waals surface area contributed by atoms with Crippen molar-refractivity contribution < 1.29 is 12.8 Å². The van der Waals surface area contributed by atoms with E-state index in [1.54, 1.807) is 24.7 Å². The Balaban J connectivity index is 1.91. The first-order valence-electron chi connectivity index (χ1n) is 7.67. The van der Waals surface area contributed by atoms with Crippen molar-refractivity contribution in [3.05, 3.63) is 52.0 Å². The molecule has 0 saturated carbocycles. The van der Waals surface area contributed by atoms with Gasteiger partial charge in [-0.3, -0.25) is 4.99 Å². The average molecular weight is 421 g/mol. The standard InChI is InChI=1S/C16H19Cl2FN4O2S/c1-20-16(22-10-11-9-12(17)15(18)23(11)2)21-7-8-26(24,25)14-6-4-3-5-13(14)19/h3-6,9H,7-8,10H2,1-2H3,(H2,20,21,22). The van der Waals surface area contributed by atoms with Crippen molar-refractivity contribution in [1.29, 1.82) is 0 Å². The van der Waals surface area contributed by atoms with Crippen molar-refractivity contribution in [1.82, 2.24) is 15.2 Å². The van der Waals surface area contributed by atoms with Crippen LogP contribution in [0, 0.1) is 5.82 Å². The summed E-state index contributed by atoms with van der Waals surface area (Å²) in [6, 6.07) is 7.03. The molecule has 2 N–H and O–H groups in total. The highest BCUT2D eigenvalue weighted by molar-refractivity contribution is 7.91. The molecule has 0 radical (unpaired) electrons. The molecule has 6 nitrogen and oxygen atoms in total. The Morgan fingerprint density at radius 1 is 1.27 bits per heavy atom. The van der Waals surface area contributed by atoms with Crippen LogP contribution >= 0.6 is 23.2 Å². The van der Waals surface area contributed by atoms with Gasteiger partial charge in [0.15, 0.2) is 15.8 Å². The summed E-state index contributed by atoms with van der Waals surface area (Å²) in [5.74, 6) is -0.620. The lowest BCUT2D eigenvalue weighted by atomic mass is 10.3. The first kappa shape index (κ1) is 20.5. The Morgan fingerprint density at radius 2 is 1.96 bits per heavy atom. The Morgan fingerprint density at radius 3 is 2.54 bits per heavy atom. The fourth-order valence-electron chi connectivity index (χ4n) is 2.26. The molecule has 2 aromatic rings. The zero-order chi connectivity index (χ0) is 19.3. The maximum absolute atomic E-state index is 13.7. The summed E-state index contributed by atoms with van der Waals surface area (Å²) in [7, 11) is -0.389. The Kier molecular flexibility index (Phi) is 6.91. The van der Waals surface area contributed by atoms with Crippen LogP contribution in [0.5, 0.6) is 0 Å². The SMILES string of the molecule is CN=C(NCCS(=O)(=O)c1ccccc1F)NCc1cc(Cl)c(Cl)n1C. The molecule has 2 rings (SSSR count). The molecule has 26 heavy (non-hydrogen) atoms. The third-order valence-corrected chi connectivity index (χ3v) is 6.30. The second-order valence-corrected chi connectivity index (χ2v) is 8.28. The molecule has 1 aromatic carbocycles. The van der Waals surface area contributed by atoms with E-state index in [2.05, 4.69) is 15.6 Å². The predicted octanol–water partition coefficient (Wildman–Crippen LogP) is 2.61. The first-order chi connectivity index (χ1) is 12.3. The van der Waals surface area contributed by atoms with Crippen LogP contribution < -0.4 is 10.6 Å². The second kappa shape index (κ2) is 8.75. The smallest absolute Gasteiger partial charge is 0.191 e. The number of nitrogens with one attached hydrogen (secondary N) is 2. The van der Waals surface area contributed by atoms with E-state index < -0.39 is 15.7 Å². The molecule has 0 aliphatic heterocycles. The van der Waals surface area contributed by atoms with Gasteiger partial charge in [0, 0.05) is 26.3 Å². The Bertz CT molecular complexity index is 913. The molecular weight excluding hydrogens is 402 g/mol. The van der Waals surface area contributed by atoms with Crippen LogP contribution in [0.4, 0.5) is 4.39 Å². The molecule has 0 atom stereocenters. The van der Waals surface area contributed by atoms with E-state index in [9.17, 15) is 12.8 Å². The van der Waals surface area contributed by atoms with Gasteiger partial charge >= 0.3 is 0 Å². The first-order valence-corrected chi connectivity index (χ1v) is 10.1. The largest absolute Gasteiger partial charge is 0.355 e. The van der Waals surface area contributed by atoms with Crippen molar-refractivity contribution in [2.45, 2.75) is 11.4 Å². The summed E-state index contributed by atoms with van der Waals surface area (Å²) >= 11 is 12.0. The zero-order valence-corrected chi connectivity index (χ0v) is 16.6. The quantitative estimate of drug-likeness (QED) is 0.556. The molecule has 0 aliphatic rings. The summed E-state index contributed by atoms with van der Waals surface area (Å²) in [5, 5.41) is 6.81. The lowest BCUT2D eigenvalue weighted by Crippen LogP contribution is -2.39. The highest BCUT2D eigenvalue weighted by Gasteiger charge is 2.18. The van der Waals surface area contributed by atoms with Gasteiger partial charge in [0.05, 0.1) is 17.3 Å². The van der Waals surface area contributed by atoms with Crippen molar-refractivity contribution >= 4 is 39.0 Å². The van der Waals surface area contributed by atoms with Crippen molar-refractivity contribution in [2.24, 2.45) is 12.0 Å². The van der Waals surface area contributed by atoms with Gasteiger partial charge in [0.25, 0.3) is 0 Å². The fraction of sp³-hybridized carbons (Fsp3) is 0.312. The number of halogens is 3. The number of aromatic nitrogens is 1. The van der Waals surface area contributed by atoms with E-state index >= 15 is 0 Å². The van der Waals surface area contributed by atoms with Crippen LogP contribution in [0.3, 0.4) is 0 Å². The van der Waals surface area contributed by atoms with Crippen molar-refractivity contribution in [3.63, 3.8) is 0 Å². The monoisotopic (exact) mass is 420 g/mol. The number of hydrogen-bond acceptors (Lipinski definition) is 3. The molecule has 1 heterocycles. The Labute approximate surface area is 161 Å². The topological polar surface area (TPSA) is 75.5 Å². The van der Waals surface area contributed by atoms with Crippen LogP contribution in [-0.2, 0) is 23.4 Å². The summed E-state index contributed by atoms with van der Waals surface area (Å²) in [5.41, 5.74) is 0.835. The number of guanidine groups is 1. The minimum absolute atomic E-state index is 0.0744. The van der Waals surface area contributed by atoms with Crippen LogP contribution in [0.15, 0.2) is 40.2 Å². The van der Waals surface area contributed by atoms with E-state index in [4.69, 9.17) is 23.2 Å². The van der Waals surface area contributed by atoms with Crippen molar-refractivity contribution in [2.75, 3.05) is 19.3 Å². The van der Waals surface area contributed by atoms with Gasteiger partial charge in [0.1, 0.15) is 15.9 Å². The number of nitrogens with zero attached hydrogens (tertiary/aromatic N) is 2. The Hall–Kier alpha value is -1.77. The van der Waals surface area contributed by atoms with Crippen LogP contribution in [0.2, 0.25) is 10.2 Å². The van der Waals surface area contributed by atoms with Crippen molar-refractivity contribution in [3.8, 4) is 0 Å². The molecule has 10 heteroatoms. The van der Waals surface area contributed by atoms with Gasteiger partial charge in [-0.05, 0) is 18.2 Å². The number of rotatable bonds is 6. The van der Waals surface area contributed by atoms with Gasteiger partial charge in [-0.1, -0.05) is 35.3 Å². The molecule has 1 aromatic heterocycles. The van der Waals surface area contributed by atoms with E-state index in [0.29, 0.717) is 22.7 Å². The maximum Gasteiger partial charge on any atom is 0.191 e. The average Bonchev–Trinajstić information content (AvgIpc) is 2.85. The van der Waals surface area contributed by atoms with Gasteiger partial charge in [-0.2, -0.15) is 0 Å². The summed E-state index contributed by atoms with van der Waals surface area (Å²) in [4.78, 5) is 3.71. The summed E-state index contributed by atoms with van der Waals surface area (Å²) < 4.78 is 39.8. The second-order valence-electron chi connectivity index (χ2n) is 5.44. The minimum atomic E-state index is -3.73. The van der Waals surface area contributed by atoms with E-state index in [0.717, 1.165) is 11.8 Å². The van der Waals surface area contributed by atoms with E-state index in [1.807, 2.05) is 0 Å². The zero-order valence-electron chi connectivity index (χ0n) is 14.3. The van der Waals surface area contributed by atoms with Gasteiger partial charge in [-0.25, -0.2) is 12.8 Å². The molecule has 0 fully saturated rings. The molecular formula is C16H19Cl2FN4O2S. The van der Waals surface area contributed by atoms with Gasteiger partial charge in [-0.15, -0.1) is 0 Å². The van der Waals surface area contributed by atoms with Gasteiger partial charge in [0.2, 0.25) is 0 Å². The highest BCUT2D eigenvalue weighted by atomic mass is 35.5. The molecule has 0 spiro atoms. The predicted molar refractivity (Wildman–Crippen MR) is 102 cm³/mol. The third kappa shape index (κ3) is 4.90. The lowest BCUT2D eigenvalue weighted by molar-refractivity contribution is 0.566. The number of hydrogen-bond donors (Lipinski definition) is 2. The number of benzene rings is 1. The van der Waals surface area contributed by atoms with E-state index in [-0.39, 0.29) is 17.2 Å². The summed E-state index contributed by atoms with van der Waals surface area (Å²) in [6.45, 7) is 0.466.